The zero-order chi connectivity index (χ0) is 16.9. The number of rotatable bonds is 6. The molecule has 9 heteroatoms. The van der Waals surface area contributed by atoms with Gasteiger partial charge in [0.15, 0.2) is 0 Å². The van der Waals surface area contributed by atoms with Gasteiger partial charge >= 0.3 is 0 Å². The van der Waals surface area contributed by atoms with Crippen molar-refractivity contribution in [1.29, 1.82) is 0 Å². The number of nitrogens with zero attached hydrogens (tertiary/aromatic N) is 4. The molecule has 0 atom stereocenters. The van der Waals surface area contributed by atoms with Crippen LogP contribution in [-0.2, 0) is 6.42 Å². The third-order valence-electron chi connectivity index (χ3n) is 3.20. The summed E-state index contributed by atoms with van der Waals surface area (Å²) in [6.45, 7) is 2.24. The van der Waals surface area contributed by atoms with Gasteiger partial charge in [-0.2, -0.15) is 10.1 Å². The van der Waals surface area contributed by atoms with Gasteiger partial charge in [0.25, 0.3) is 0 Å². The lowest BCUT2D eigenvalue weighted by Crippen LogP contribution is -2.06. The Morgan fingerprint density at radius 1 is 1.33 bits per heavy atom. The predicted octanol–water partition coefficient (Wildman–Crippen LogP) is 2.05. The number of anilines is 3. The molecule has 3 rings (SSSR count). The Morgan fingerprint density at radius 2 is 2.21 bits per heavy atom. The summed E-state index contributed by atoms with van der Waals surface area (Å²) < 4.78 is 18.9. The van der Waals surface area contributed by atoms with E-state index in [1.807, 2.05) is 6.92 Å². The maximum atomic E-state index is 13.4. The maximum Gasteiger partial charge on any atom is 0.221 e. The first-order valence-corrected chi connectivity index (χ1v) is 7.30. The number of aromatic nitrogens is 5. The molecule has 0 aliphatic rings. The summed E-state index contributed by atoms with van der Waals surface area (Å²) in [6, 6.07) is 4.23. The molecule has 24 heavy (non-hydrogen) atoms. The average molecular weight is 329 g/mol. The lowest BCUT2D eigenvalue weighted by Gasteiger charge is -2.14. The molecule has 1 aromatic carbocycles. The molecule has 2 aromatic heterocycles. The highest BCUT2D eigenvalue weighted by molar-refractivity contribution is 5.66. The molecule has 0 saturated carbocycles. The highest BCUT2D eigenvalue weighted by atomic mass is 19.1. The highest BCUT2D eigenvalue weighted by Crippen LogP contribution is 2.29. The lowest BCUT2D eigenvalue weighted by atomic mass is 10.2. The number of H-pyrrole nitrogens is 1. The van der Waals surface area contributed by atoms with Crippen LogP contribution in [0.25, 0.3) is 0 Å². The van der Waals surface area contributed by atoms with Crippen molar-refractivity contribution < 1.29 is 9.13 Å². The second kappa shape index (κ2) is 6.90. The van der Waals surface area contributed by atoms with E-state index in [9.17, 15) is 4.39 Å². The van der Waals surface area contributed by atoms with Gasteiger partial charge < -0.3 is 15.8 Å². The van der Waals surface area contributed by atoms with Crippen LogP contribution in [0.1, 0.15) is 18.3 Å². The molecule has 0 fully saturated rings. The molecule has 0 aliphatic carbocycles. The molecular formula is C15H16FN7O. The fourth-order valence-corrected chi connectivity index (χ4v) is 2.16. The zero-order valence-electron chi connectivity index (χ0n) is 13.0. The monoisotopic (exact) mass is 329 g/mol. The van der Waals surface area contributed by atoms with E-state index in [2.05, 4.69) is 30.5 Å². The summed E-state index contributed by atoms with van der Waals surface area (Å²) in [6.07, 6.45) is 3.47. The van der Waals surface area contributed by atoms with Crippen LogP contribution in [0.5, 0.6) is 5.75 Å². The summed E-state index contributed by atoms with van der Waals surface area (Å²) in [4.78, 5) is 12.3. The molecule has 0 spiro atoms. The van der Waals surface area contributed by atoms with E-state index < -0.39 is 0 Å². The van der Waals surface area contributed by atoms with E-state index in [-0.39, 0.29) is 11.8 Å². The zero-order valence-corrected chi connectivity index (χ0v) is 13.0. The number of aromatic amines is 1. The van der Waals surface area contributed by atoms with Crippen LogP contribution in [0.2, 0.25) is 0 Å². The van der Waals surface area contributed by atoms with E-state index in [1.54, 1.807) is 12.3 Å². The van der Waals surface area contributed by atoms with E-state index in [4.69, 9.17) is 10.5 Å². The molecule has 0 radical (unpaired) electrons. The van der Waals surface area contributed by atoms with Crippen molar-refractivity contribution in [2.75, 3.05) is 17.7 Å². The fourth-order valence-electron chi connectivity index (χ4n) is 2.16. The van der Waals surface area contributed by atoms with Gasteiger partial charge in [0.1, 0.15) is 29.5 Å². The minimum Gasteiger partial charge on any atom is -0.492 e. The Kier molecular flexibility index (Phi) is 4.50. The Morgan fingerprint density at radius 3 is 2.96 bits per heavy atom. The third kappa shape index (κ3) is 3.57. The Bertz CT molecular complexity index is 823. The number of nitrogens with two attached hydrogens (primary N) is 1. The number of hydrogen-bond donors (Lipinski definition) is 3. The van der Waals surface area contributed by atoms with Crippen molar-refractivity contribution in [2.45, 2.75) is 13.3 Å². The Balaban J connectivity index is 1.93. The van der Waals surface area contributed by atoms with Crippen LogP contribution >= 0.6 is 0 Å². The molecule has 124 valence electrons. The first-order chi connectivity index (χ1) is 11.7. The van der Waals surface area contributed by atoms with Gasteiger partial charge in [0.2, 0.25) is 5.95 Å². The summed E-state index contributed by atoms with van der Waals surface area (Å²) in [5.74, 6) is 1.29. The third-order valence-corrected chi connectivity index (χ3v) is 3.20. The quantitative estimate of drug-likeness (QED) is 0.634. The molecule has 0 amide bonds. The van der Waals surface area contributed by atoms with Crippen LogP contribution in [0, 0.1) is 5.82 Å². The summed E-state index contributed by atoms with van der Waals surface area (Å²) in [5, 5.41) is 9.72. The van der Waals surface area contributed by atoms with Crippen molar-refractivity contribution in [1.82, 2.24) is 25.1 Å². The van der Waals surface area contributed by atoms with Gasteiger partial charge in [-0.05, 0) is 19.1 Å². The summed E-state index contributed by atoms with van der Waals surface area (Å²) >= 11 is 0. The minimum atomic E-state index is -0.381. The summed E-state index contributed by atoms with van der Waals surface area (Å²) in [7, 11) is 0. The van der Waals surface area contributed by atoms with Crippen molar-refractivity contribution >= 4 is 17.5 Å². The molecule has 0 unspecified atom stereocenters. The van der Waals surface area contributed by atoms with Crippen LogP contribution in [0.15, 0.2) is 30.7 Å². The minimum absolute atomic E-state index is 0.124. The molecule has 8 nitrogen and oxygen atoms in total. The average Bonchev–Trinajstić information content (AvgIpc) is 3.06. The van der Waals surface area contributed by atoms with Crippen molar-refractivity contribution in [3.63, 3.8) is 0 Å². The number of nitrogen functional groups attached to an aromatic ring is 1. The molecule has 0 bridgehead atoms. The lowest BCUT2D eigenvalue weighted by molar-refractivity contribution is 0.340. The standard InChI is InChI=1S/C15H16FN7O/c1-2-24-12-6-10(16)3-4-11(12)21-14-9(7-18-15(17)22-14)5-13-19-8-20-23-13/h3-4,6-8H,2,5H2,1H3,(H,19,20,23)(H3,17,18,21,22). The molecular weight excluding hydrogens is 313 g/mol. The van der Waals surface area contributed by atoms with Crippen molar-refractivity contribution in [2.24, 2.45) is 0 Å². The summed E-state index contributed by atoms with van der Waals surface area (Å²) in [5.41, 5.74) is 7.02. The molecule has 2 heterocycles. The van der Waals surface area contributed by atoms with Gasteiger partial charge in [-0.25, -0.2) is 14.4 Å². The predicted molar refractivity (Wildman–Crippen MR) is 86.5 cm³/mol. The van der Waals surface area contributed by atoms with E-state index >= 15 is 0 Å². The number of hydrogen-bond acceptors (Lipinski definition) is 7. The van der Waals surface area contributed by atoms with Crippen LogP contribution in [0.3, 0.4) is 0 Å². The fraction of sp³-hybridized carbons (Fsp3) is 0.200. The molecule has 4 N–H and O–H groups in total. The van der Waals surface area contributed by atoms with Gasteiger partial charge in [0, 0.05) is 24.2 Å². The number of nitrogens with one attached hydrogen (secondary N) is 2. The van der Waals surface area contributed by atoms with Crippen LogP contribution in [0.4, 0.5) is 21.8 Å². The number of benzene rings is 1. The Hall–Kier alpha value is -3.23. The van der Waals surface area contributed by atoms with Gasteiger partial charge in [-0.3, -0.25) is 5.10 Å². The normalized spacial score (nSPS) is 10.6. The van der Waals surface area contributed by atoms with Gasteiger partial charge in [-0.1, -0.05) is 0 Å². The SMILES string of the molecule is CCOc1cc(F)ccc1Nc1nc(N)ncc1Cc1ncn[nH]1. The van der Waals surface area contributed by atoms with Gasteiger partial charge in [-0.15, -0.1) is 0 Å². The number of ether oxygens (including phenoxy) is 1. The second-order valence-electron chi connectivity index (χ2n) is 4.91. The second-order valence-corrected chi connectivity index (χ2v) is 4.91. The Labute approximate surface area is 137 Å². The van der Waals surface area contributed by atoms with Crippen molar-refractivity contribution in [3.8, 4) is 5.75 Å². The largest absolute Gasteiger partial charge is 0.492 e. The van der Waals surface area contributed by atoms with Crippen molar-refractivity contribution in [3.05, 3.63) is 47.9 Å². The highest BCUT2D eigenvalue weighted by Gasteiger charge is 2.12. The van der Waals surface area contributed by atoms with E-state index in [0.29, 0.717) is 36.1 Å². The maximum absolute atomic E-state index is 13.4. The smallest absolute Gasteiger partial charge is 0.221 e. The molecule has 0 saturated heterocycles. The van der Waals surface area contributed by atoms with E-state index in [1.165, 1.54) is 18.5 Å². The molecule has 3 aromatic rings. The first kappa shape index (κ1) is 15.7. The van der Waals surface area contributed by atoms with Crippen LogP contribution in [-0.4, -0.2) is 31.8 Å². The first-order valence-electron chi connectivity index (χ1n) is 7.30. The van der Waals surface area contributed by atoms with Gasteiger partial charge in [0.05, 0.1) is 12.3 Å². The molecule has 0 aliphatic heterocycles. The van der Waals surface area contributed by atoms with E-state index in [0.717, 1.165) is 5.56 Å². The van der Waals surface area contributed by atoms with Crippen LogP contribution < -0.4 is 15.8 Å². The number of halogens is 1. The topological polar surface area (TPSA) is 115 Å².